The summed E-state index contributed by atoms with van der Waals surface area (Å²) in [7, 11) is 0. The second kappa shape index (κ2) is 4.46. The lowest BCUT2D eigenvalue weighted by atomic mass is 9.96. The average molecular weight is 228 g/mol. The third-order valence-electron chi connectivity index (χ3n) is 2.95. The van der Waals surface area contributed by atoms with E-state index in [-0.39, 0.29) is 5.54 Å². The molecule has 0 bridgehead atoms. The molecule has 0 spiro atoms. The molecule has 0 aliphatic rings. The van der Waals surface area contributed by atoms with Crippen molar-refractivity contribution in [3.8, 4) is 0 Å². The quantitative estimate of drug-likeness (QED) is 0.876. The lowest BCUT2D eigenvalue weighted by Gasteiger charge is -2.18. The first-order chi connectivity index (χ1) is 7.94. The van der Waals surface area contributed by atoms with E-state index in [1.807, 2.05) is 6.92 Å². The fourth-order valence-electron chi connectivity index (χ4n) is 1.90. The third kappa shape index (κ3) is 3.27. The number of pyridine rings is 1. The van der Waals surface area contributed by atoms with Crippen molar-refractivity contribution in [2.24, 2.45) is 5.73 Å². The second-order valence-electron chi connectivity index (χ2n) is 5.47. The summed E-state index contributed by atoms with van der Waals surface area (Å²) in [5.74, 6) is 0. The van der Waals surface area contributed by atoms with Crippen molar-refractivity contribution < 1.29 is 0 Å². The van der Waals surface area contributed by atoms with E-state index >= 15 is 0 Å². The lowest BCUT2D eigenvalue weighted by molar-refractivity contribution is 0.477. The van der Waals surface area contributed by atoms with Crippen LogP contribution in [-0.2, 0) is 6.42 Å². The number of fused-ring (bicyclic) bond motifs is 1. The summed E-state index contributed by atoms with van der Waals surface area (Å²) in [4.78, 5) is 4.50. The summed E-state index contributed by atoms with van der Waals surface area (Å²) in [6.07, 6.45) is 2.02. The highest BCUT2D eigenvalue weighted by Crippen LogP contribution is 2.17. The fourth-order valence-corrected chi connectivity index (χ4v) is 1.90. The average Bonchev–Trinajstić information content (AvgIpc) is 2.25. The van der Waals surface area contributed by atoms with E-state index < -0.39 is 0 Å². The minimum absolute atomic E-state index is 0.0967. The maximum absolute atomic E-state index is 6.00. The highest BCUT2D eigenvalue weighted by molar-refractivity contribution is 5.79. The number of aromatic nitrogens is 1. The summed E-state index contributed by atoms with van der Waals surface area (Å²) < 4.78 is 0. The normalized spacial score (nSPS) is 12.0. The fraction of sp³-hybridized carbons (Fsp3) is 0.400. The molecular weight excluding hydrogens is 208 g/mol. The monoisotopic (exact) mass is 228 g/mol. The van der Waals surface area contributed by atoms with E-state index in [0.717, 1.165) is 24.1 Å². The number of nitrogens with two attached hydrogens (primary N) is 1. The highest BCUT2D eigenvalue weighted by atomic mass is 14.7. The van der Waals surface area contributed by atoms with E-state index in [1.165, 1.54) is 10.9 Å². The standard InChI is InChI=1S/C15H20N2/c1-11-4-6-13-10-12(5-7-14(13)17-11)8-9-15(2,3)16/h4-7,10H,8-9,16H2,1-3H3. The van der Waals surface area contributed by atoms with Gasteiger partial charge in [0.05, 0.1) is 5.52 Å². The molecule has 90 valence electrons. The van der Waals surface area contributed by atoms with Crippen LogP contribution in [0.15, 0.2) is 30.3 Å². The van der Waals surface area contributed by atoms with Gasteiger partial charge >= 0.3 is 0 Å². The van der Waals surface area contributed by atoms with Crippen LogP contribution < -0.4 is 5.73 Å². The zero-order valence-electron chi connectivity index (χ0n) is 10.8. The van der Waals surface area contributed by atoms with Gasteiger partial charge in [-0.05, 0) is 57.4 Å². The molecule has 0 saturated heterocycles. The molecule has 17 heavy (non-hydrogen) atoms. The van der Waals surface area contributed by atoms with Gasteiger partial charge in [0.25, 0.3) is 0 Å². The third-order valence-corrected chi connectivity index (χ3v) is 2.95. The number of rotatable bonds is 3. The largest absolute Gasteiger partial charge is 0.326 e. The van der Waals surface area contributed by atoms with Gasteiger partial charge < -0.3 is 5.73 Å². The van der Waals surface area contributed by atoms with Crippen molar-refractivity contribution in [3.63, 3.8) is 0 Å². The summed E-state index contributed by atoms with van der Waals surface area (Å²) >= 11 is 0. The predicted molar refractivity (Wildman–Crippen MR) is 73.1 cm³/mol. The number of nitrogens with zero attached hydrogens (tertiary/aromatic N) is 1. The van der Waals surface area contributed by atoms with Gasteiger partial charge in [0, 0.05) is 16.6 Å². The summed E-state index contributed by atoms with van der Waals surface area (Å²) in [5, 5.41) is 1.21. The van der Waals surface area contributed by atoms with Gasteiger partial charge in [-0.2, -0.15) is 0 Å². The molecule has 1 heterocycles. The molecule has 0 aliphatic carbocycles. The SMILES string of the molecule is Cc1ccc2cc(CCC(C)(C)N)ccc2n1. The number of aryl methyl sites for hydroxylation is 2. The van der Waals surface area contributed by atoms with Gasteiger partial charge in [-0.1, -0.05) is 12.1 Å². The van der Waals surface area contributed by atoms with Crippen LogP contribution in [0.25, 0.3) is 10.9 Å². The predicted octanol–water partition coefficient (Wildman–Crippen LogP) is 3.21. The Kier molecular flexibility index (Phi) is 3.16. The lowest BCUT2D eigenvalue weighted by Crippen LogP contribution is -2.32. The summed E-state index contributed by atoms with van der Waals surface area (Å²) in [6.45, 7) is 6.15. The molecule has 0 fully saturated rings. The summed E-state index contributed by atoms with van der Waals surface area (Å²) in [5.41, 5.74) is 9.38. The Balaban J connectivity index is 2.23. The van der Waals surface area contributed by atoms with Crippen molar-refractivity contribution in [2.75, 3.05) is 0 Å². The Morgan fingerprint density at radius 1 is 1.18 bits per heavy atom. The zero-order chi connectivity index (χ0) is 12.5. The number of benzene rings is 1. The van der Waals surface area contributed by atoms with E-state index in [2.05, 4.69) is 49.2 Å². The minimum atomic E-state index is -0.0967. The Morgan fingerprint density at radius 2 is 1.94 bits per heavy atom. The van der Waals surface area contributed by atoms with Crippen LogP contribution in [0, 0.1) is 6.92 Å². The Bertz CT molecular complexity index is 524. The molecular formula is C15H20N2. The smallest absolute Gasteiger partial charge is 0.0705 e. The van der Waals surface area contributed by atoms with Crippen molar-refractivity contribution in [1.29, 1.82) is 0 Å². The van der Waals surface area contributed by atoms with Gasteiger partial charge in [-0.25, -0.2) is 0 Å². The van der Waals surface area contributed by atoms with E-state index in [1.54, 1.807) is 0 Å². The molecule has 2 rings (SSSR count). The van der Waals surface area contributed by atoms with Crippen LogP contribution in [0.1, 0.15) is 31.5 Å². The van der Waals surface area contributed by atoms with Crippen LogP contribution in [0.2, 0.25) is 0 Å². The molecule has 2 N–H and O–H groups in total. The highest BCUT2D eigenvalue weighted by Gasteiger charge is 2.10. The zero-order valence-corrected chi connectivity index (χ0v) is 10.8. The number of hydrogen-bond donors (Lipinski definition) is 1. The van der Waals surface area contributed by atoms with E-state index in [9.17, 15) is 0 Å². The van der Waals surface area contributed by atoms with Gasteiger partial charge in [0.1, 0.15) is 0 Å². The molecule has 0 aliphatic heterocycles. The van der Waals surface area contributed by atoms with Crippen LogP contribution in [0.3, 0.4) is 0 Å². The first-order valence-corrected chi connectivity index (χ1v) is 6.09. The first kappa shape index (κ1) is 12.1. The maximum atomic E-state index is 6.00. The Labute approximate surface area is 103 Å². The van der Waals surface area contributed by atoms with Crippen molar-refractivity contribution in [2.45, 2.75) is 39.2 Å². The first-order valence-electron chi connectivity index (χ1n) is 6.09. The molecule has 2 aromatic rings. The summed E-state index contributed by atoms with van der Waals surface area (Å²) in [6, 6.07) is 10.7. The van der Waals surface area contributed by atoms with Crippen molar-refractivity contribution in [1.82, 2.24) is 4.98 Å². The minimum Gasteiger partial charge on any atom is -0.326 e. The Hall–Kier alpha value is -1.41. The molecule has 0 atom stereocenters. The van der Waals surface area contributed by atoms with Crippen molar-refractivity contribution in [3.05, 3.63) is 41.6 Å². The molecule has 0 unspecified atom stereocenters. The molecule has 2 nitrogen and oxygen atoms in total. The molecule has 2 heteroatoms. The van der Waals surface area contributed by atoms with Gasteiger partial charge in [0.2, 0.25) is 0 Å². The van der Waals surface area contributed by atoms with Gasteiger partial charge in [0.15, 0.2) is 0 Å². The van der Waals surface area contributed by atoms with Crippen LogP contribution in [0.5, 0.6) is 0 Å². The van der Waals surface area contributed by atoms with Crippen LogP contribution in [-0.4, -0.2) is 10.5 Å². The number of hydrogen-bond acceptors (Lipinski definition) is 2. The Morgan fingerprint density at radius 3 is 2.65 bits per heavy atom. The van der Waals surface area contributed by atoms with Crippen LogP contribution >= 0.6 is 0 Å². The molecule has 1 aromatic heterocycles. The van der Waals surface area contributed by atoms with E-state index in [0.29, 0.717) is 0 Å². The second-order valence-corrected chi connectivity index (χ2v) is 5.47. The van der Waals surface area contributed by atoms with Crippen LogP contribution in [0.4, 0.5) is 0 Å². The van der Waals surface area contributed by atoms with Gasteiger partial charge in [-0.3, -0.25) is 4.98 Å². The molecule has 0 saturated carbocycles. The topological polar surface area (TPSA) is 38.9 Å². The van der Waals surface area contributed by atoms with Gasteiger partial charge in [-0.15, -0.1) is 0 Å². The maximum Gasteiger partial charge on any atom is 0.0705 e. The molecule has 0 radical (unpaired) electrons. The molecule has 1 aromatic carbocycles. The van der Waals surface area contributed by atoms with Crippen molar-refractivity contribution >= 4 is 10.9 Å². The van der Waals surface area contributed by atoms with E-state index in [4.69, 9.17) is 5.73 Å². The molecule has 0 amide bonds.